The summed E-state index contributed by atoms with van der Waals surface area (Å²) in [5.41, 5.74) is 0.505. The van der Waals surface area contributed by atoms with E-state index in [2.05, 4.69) is 4.98 Å². The molecule has 0 radical (unpaired) electrons. The molecule has 1 aromatic rings. The summed E-state index contributed by atoms with van der Waals surface area (Å²) in [6, 6.07) is 1.58. The zero-order chi connectivity index (χ0) is 13.7. The smallest absolute Gasteiger partial charge is 0.314 e. The molecule has 98 valence electrons. The van der Waals surface area contributed by atoms with Crippen molar-refractivity contribution in [3.05, 3.63) is 27.9 Å². The Kier molecular flexibility index (Phi) is 4.59. The van der Waals surface area contributed by atoms with Crippen LogP contribution in [0.15, 0.2) is 12.3 Å². The molecule has 0 atom stereocenters. The van der Waals surface area contributed by atoms with Crippen LogP contribution in [-0.4, -0.2) is 34.6 Å². The highest BCUT2D eigenvalue weighted by atomic mass is 16.6. The fourth-order valence-electron chi connectivity index (χ4n) is 1.61. The molecule has 0 aliphatic carbocycles. The lowest BCUT2D eigenvalue weighted by atomic mass is 10.2. The Balaban J connectivity index is 2.85. The number of aromatic nitrogens is 1. The molecular weight excluding hydrogens is 238 g/mol. The van der Waals surface area contributed by atoms with E-state index < -0.39 is 10.9 Å². The van der Waals surface area contributed by atoms with Crippen LogP contribution in [0.4, 0.5) is 11.5 Å². The van der Waals surface area contributed by atoms with Crippen LogP contribution in [0.3, 0.4) is 0 Å². The molecule has 0 aliphatic rings. The Morgan fingerprint density at radius 1 is 1.61 bits per heavy atom. The average Bonchev–Trinajstić information content (AvgIpc) is 2.27. The molecule has 0 aliphatic heterocycles. The zero-order valence-corrected chi connectivity index (χ0v) is 10.3. The maximum absolute atomic E-state index is 11.0. The van der Waals surface area contributed by atoms with Crippen molar-refractivity contribution in [2.75, 3.05) is 18.5 Å². The van der Waals surface area contributed by atoms with E-state index in [0.29, 0.717) is 18.5 Å². The number of carbonyl (C=O) groups is 1. The van der Waals surface area contributed by atoms with Crippen molar-refractivity contribution < 1.29 is 14.8 Å². The number of nitrogens with zero attached hydrogens (tertiary/aromatic N) is 3. The van der Waals surface area contributed by atoms with Crippen molar-refractivity contribution in [1.29, 1.82) is 0 Å². The third-order valence-corrected chi connectivity index (χ3v) is 2.53. The second-order valence-corrected chi connectivity index (χ2v) is 3.98. The number of nitro groups is 1. The minimum Gasteiger partial charge on any atom is -0.481 e. The Labute approximate surface area is 104 Å². The second kappa shape index (κ2) is 5.95. The van der Waals surface area contributed by atoms with Gasteiger partial charge in [-0.1, -0.05) is 0 Å². The highest BCUT2D eigenvalue weighted by Crippen LogP contribution is 2.28. The summed E-state index contributed by atoms with van der Waals surface area (Å²) in [4.78, 5) is 26.5. The number of hydrogen-bond acceptors (Lipinski definition) is 5. The van der Waals surface area contributed by atoms with Crippen molar-refractivity contribution in [3.63, 3.8) is 0 Å². The van der Waals surface area contributed by atoms with Gasteiger partial charge in [-0.25, -0.2) is 4.98 Å². The Morgan fingerprint density at radius 2 is 2.28 bits per heavy atom. The second-order valence-electron chi connectivity index (χ2n) is 3.98. The number of carboxylic acid groups (broad SMARTS) is 1. The van der Waals surface area contributed by atoms with E-state index in [0.717, 1.165) is 0 Å². The van der Waals surface area contributed by atoms with Crippen LogP contribution in [-0.2, 0) is 4.79 Å². The third kappa shape index (κ3) is 3.41. The van der Waals surface area contributed by atoms with Crippen LogP contribution in [0.25, 0.3) is 0 Å². The first-order valence-electron chi connectivity index (χ1n) is 5.46. The summed E-state index contributed by atoms with van der Waals surface area (Å²) in [6.07, 6.45) is 1.95. The van der Waals surface area contributed by atoms with Crippen LogP contribution in [0.1, 0.15) is 18.4 Å². The number of pyridine rings is 1. The molecule has 1 heterocycles. The van der Waals surface area contributed by atoms with Crippen molar-refractivity contribution in [2.45, 2.75) is 19.8 Å². The molecule has 1 N–H and O–H groups in total. The molecule has 0 fully saturated rings. The zero-order valence-electron chi connectivity index (χ0n) is 10.3. The van der Waals surface area contributed by atoms with Gasteiger partial charge in [-0.15, -0.1) is 0 Å². The predicted molar refractivity (Wildman–Crippen MR) is 65.8 cm³/mol. The number of aliphatic carboxylic acids is 1. The normalized spacial score (nSPS) is 10.1. The topological polar surface area (TPSA) is 96.6 Å². The van der Waals surface area contributed by atoms with Gasteiger partial charge in [0.2, 0.25) is 5.82 Å². The molecule has 0 bridgehead atoms. The minimum absolute atomic E-state index is 0.0317. The first-order valence-corrected chi connectivity index (χ1v) is 5.46. The summed E-state index contributed by atoms with van der Waals surface area (Å²) in [5.74, 6) is -0.611. The van der Waals surface area contributed by atoms with Crippen LogP contribution in [0.2, 0.25) is 0 Å². The van der Waals surface area contributed by atoms with Crippen LogP contribution < -0.4 is 4.90 Å². The first-order chi connectivity index (χ1) is 8.43. The Morgan fingerprint density at radius 3 is 2.83 bits per heavy atom. The van der Waals surface area contributed by atoms with Gasteiger partial charge in [0.1, 0.15) is 0 Å². The SMILES string of the molecule is Cc1ccnc(N(C)CCCC(=O)O)c1[N+](=O)[O-]. The van der Waals surface area contributed by atoms with Gasteiger partial charge in [-0.05, 0) is 19.4 Å². The van der Waals surface area contributed by atoms with E-state index in [4.69, 9.17) is 5.11 Å². The number of hydrogen-bond donors (Lipinski definition) is 1. The van der Waals surface area contributed by atoms with Gasteiger partial charge in [0, 0.05) is 31.8 Å². The van der Waals surface area contributed by atoms with Gasteiger partial charge in [-0.3, -0.25) is 14.9 Å². The van der Waals surface area contributed by atoms with Crippen molar-refractivity contribution >= 4 is 17.5 Å². The fraction of sp³-hybridized carbons (Fsp3) is 0.455. The number of rotatable bonds is 6. The highest BCUT2D eigenvalue weighted by molar-refractivity contribution is 5.66. The highest BCUT2D eigenvalue weighted by Gasteiger charge is 2.21. The van der Waals surface area contributed by atoms with Gasteiger partial charge < -0.3 is 10.0 Å². The van der Waals surface area contributed by atoms with E-state index in [1.54, 1.807) is 24.9 Å². The number of aryl methyl sites for hydroxylation is 1. The standard InChI is InChI=1S/C11H15N3O4/c1-8-5-6-12-11(10(8)14(17)18)13(2)7-3-4-9(15)16/h5-6H,3-4,7H2,1-2H3,(H,15,16). The van der Waals surface area contributed by atoms with Crippen molar-refractivity contribution in [1.82, 2.24) is 4.98 Å². The largest absolute Gasteiger partial charge is 0.481 e. The molecular formula is C11H15N3O4. The van der Waals surface area contributed by atoms with E-state index in [1.807, 2.05) is 0 Å². The molecule has 0 amide bonds. The average molecular weight is 253 g/mol. The maximum atomic E-state index is 11.0. The molecule has 0 unspecified atom stereocenters. The quantitative estimate of drug-likeness (QED) is 0.611. The lowest BCUT2D eigenvalue weighted by Crippen LogP contribution is -2.21. The fourth-order valence-corrected chi connectivity index (χ4v) is 1.61. The van der Waals surface area contributed by atoms with Gasteiger partial charge in [-0.2, -0.15) is 0 Å². The molecule has 0 saturated heterocycles. The molecule has 7 nitrogen and oxygen atoms in total. The summed E-state index contributed by atoms with van der Waals surface area (Å²) in [7, 11) is 1.66. The van der Waals surface area contributed by atoms with Crippen LogP contribution in [0.5, 0.6) is 0 Å². The summed E-state index contributed by atoms with van der Waals surface area (Å²) in [5, 5.41) is 19.5. The minimum atomic E-state index is -0.880. The van der Waals surface area contributed by atoms with Gasteiger partial charge in [0.25, 0.3) is 0 Å². The molecule has 0 aromatic carbocycles. The maximum Gasteiger partial charge on any atom is 0.314 e. The lowest BCUT2D eigenvalue weighted by molar-refractivity contribution is -0.384. The molecule has 18 heavy (non-hydrogen) atoms. The molecule has 1 aromatic heterocycles. The molecule has 0 saturated carbocycles. The summed E-state index contributed by atoms with van der Waals surface area (Å²) < 4.78 is 0. The lowest BCUT2D eigenvalue weighted by Gasteiger charge is -2.17. The van der Waals surface area contributed by atoms with Gasteiger partial charge in [0.15, 0.2) is 0 Å². The van der Waals surface area contributed by atoms with Crippen molar-refractivity contribution in [3.8, 4) is 0 Å². The Bertz CT molecular complexity index is 462. The van der Waals surface area contributed by atoms with E-state index in [9.17, 15) is 14.9 Å². The molecule has 1 rings (SSSR count). The van der Waals surface area contributed by atoms with Crippen LogP contribution >= 0.6 is 0 Å². The van der Waals surface area contributed by atoms with E-state index >= 15 is 0 Å². The van der Waals surface area contributed by atoms with Gasteiger partial charge >= 0.3 is 11.7 Å². The summed E-state index contributed by atoms with van der Waals surface area (Å²) in [6.45, 7) is 2.05. The molecule has 0 spiro atoms. The third-order valence-electron chi connectivity index (χ3n) is 2.53. The first kappa shape index (κ1) is 13.9. The van der Waals surface area contributed by atoms with Crippen molar-refractivity contribution in [2.24, 2.45) is 0 Å². The van der Waals surface area contributed by atoms with Gasteiger partial charge in [0.05, 0.1) is 4.92 Å². The number of anilines is 1. The number of carboxylic acids is 1. The summed E-state index contributed by atoms with van der Waals surface area (Å²) >= 11 is 0. The monoisotopic (exact) mass is 253 g/mol. The van der Waals surface area contributed by atoms with Crippen LogP contribution in [0, 0.1) is 17.0 Å². The Hall–Kier alpha value is -2.18. The predicted octanol–water partition coefficient (Wildman–Crippen LogP) is 1.60. The molecule has 7 heteroatoms. The van der Waals surface area contributed by atoms with E-state index in [-0.39, 0.29) is 17.9 Å². The van der Waals surface area contributed by atoms with E-state index in [1.165, 1.54) is 6.20 Å².